The van der Waals surface area contributed by atoms with Crippen LogP contribution in [-0.4, -0.2) is 46.9 Å². The highest BCUT2D eigenvalue weighted by Gasteiger charge is 2.43. The average Bonchev–Trinajstić information content (AvgIpc) is 2.16. The van der Waals surface area contributed by atoms with Gasteiger partial charge in [-0.2, -0.15) is 13.2 Å². The molecule has 0 radical (unpaired) electrons. The Kier molecular flexibility index (Phi) is 5.81. The van der Waals surface area contributed by atoms with Crippen molar-refractivity contribution in [2.75, 3.05) is 19.7 Å². The highest BCUT2D eigenvalue weighted by atomic mass is 32.1. The van der Waals surface area contributed by atoms with Gasteiger partial charge in [-0.15, -0.1) is 0 Å². The van der Waals surface area contributed by atoms with E-state index in [1.54, 1.807) is 4.90 Å². The number of alkyl halides is 3. The lowest BCUT2D eigenvalue weighted by atomic mass is 9.90. The van der Waals surface area contributed by atoms with Crippen LogP contribution in [0.25, 0.3) is 0 Å². The molecule has 0 aromatic heterocycles. The summed E-state index contributed by atoms with van der Waals surface area (Å²) in [5, 5.41) is 8.79. The minimum absolute atomic E-state index is 0.0209. The largest absolute Gasteiger partial charge is 0.399 e. The van der Waals surface area contributed by atoms with Crippen molar-refractivity contribution >= 4 is 17.2 Å². The number of nitrogens with zero attached hydrogens (tertiary/aromatic N) is 1. The van der Waals surface area contributed by atoms with Crippen LogP contribution in [-0.2, 0) is 0 Å². The Morgan fingerprint density at radius 1 is 1.44 bits per heavy atom. The van der Waals surface area contributed by atoms with Gasteiger partial charge in [0, 0.05) is 25.7 Å². The van der Waals surface area contributed by atoms with Gasteiger partial charge < -0.3 is 10.8 Å². The molecule has 106 valence electrons. The van der Waals surface area contributed by atoms with Gasteiger partial charge in [0.25, 0.3) is 0 Å². The molecule has 7 heteroatoms. The Hall–Kier alpha value is -0.400. The zero-order chi connectivity index (χ0) is 13.8. The number of aliphatic hydroxyl groups excluding tert-OH is 1. The van der Waals surface area contributed by atoms with Crippen molar-refractivity contribution in [1.82, 2.24) is 4.90 Å². The Labute approximate surface area is 110 Å². The first-order valence-corrected chi connectivity index (χ1v) is 6.48. The van der Waals surface area contributed by atoms with Crippen LogP contribution in [0.15, 0.2) is 0 Å². The van der Waals surface area contributed by atoms with E-state index < -0.39 is 17.1 Å². The molecule has 0 spiro atoms. The first kappa shape index (κ1) is 15.7. The summed E-state index contributed by atoms with van der Waals surface area (Å²) in [6, 6.07) is 0.177. The van der Waals surface area contributed by atoms with Gasteiger partial charge in [-0.3, -0.25) is 4.90 Å². The molecule has 1 rings (SSSR count). The normalized spacial score (nSPS) is 18.7. The quantitative estimate of drug-likeness (QED) is 0.699. The molecule has 1 aliphatic rings. The molecular weight excluding hydrogens is 265 g/mol. The zero-order valence-electron chi connectivity index (χ0n) is 10.1. The van der Waals surface area contributed by atoms with E-state index in [9.17, 15) is 13.2 Å². The fourth-order valence-electron chi connectivity index (χ4n) is 2.04. The van der Waals surface area contributed by atoms with Crippen LogP contribution in [0.4, 0.5) is 13.2 Å². The van der Waals surface area contributed by atoms with E-state index in [-0.39, 0.29) is 19.2 Å². The molecule has 3 nitrogen and oxygen atoms in total. The fraction of sp³-hybridized carbons (Fsp3) is 0.909. The number of nitrogens with two attached hydrogens (primary N) is 1. The Morgan fingerprint density at radius 3 is 2.39 bits per heavy atom. The number of halogens is 3. The molecule has 1 unspecified atom stereocenters. The van der Waals surface area contributed by atoms with Gasteiger partial charge in [0.05, 0.1) is 4.99 Å². The molecule has 0 aliphatic heterocycles. The smallest absolute Gasteiger partial charge is 0.396 e. The van der Waals surface area contributed by atoms with E-state index in [1.165, 1.54) is 0 Å². The Bertz CT molecular complexity index is 282. The Balaban J connectivity index is 2.63. The summed E-state index contributed by atoms with van der Waals surface area (Å²) in [6.07, 6.45) is -1.06. The molecule has 0 amide bonds. The lowest BCUT2D eigenvalue weighted by Gasteiger charge is -2.39. The maximum atomic E-state index is 12.8. The van der Waals surface area contributed by atoms with Crippen LogP contribution < -0.4 is 5.73 Å². The maximum Gasteiger partial charge on any atom is 0.399 e. The van der Waals surface area contributed by atoms with Crippen molar-refractivity contribution in [2.45, 2.75) is 37.9 Å². The van der Waals surface area contributed by atoms with E-state index in [0.29, 0.717) is 13.0 Å². The van der Waals surface area contributed by atoms with Gasteiger partial charge in [-0.25, -0.2) is 0 Å². The molecule has 0 saturated heterocycles. The lowest BCUT2D eigenvalue weighted by molar-refractivity contribution is -0.161. The van der Waals surface area contributed by atoms with Gasteiger partial charge in [-0.05, 0) is 19.3 Å². The molecule has 0 heterocycles. The molecule has 1 fully saturated rings. The molecule has 18 heavy (non-hydrogen) atoms. The topological polar surface area (TPSA) is 49.5 Å². The summed E-state index contributed by atoms with van der Waals surface area (Å²) in [5.74, 6) is -1.76. The highest BCUT2D eigenvalue weighted by Crippen LogP contribution is 2.31. The van der Waals surface area contributed by atoms with Crippen LogP contribution in [0, 0.1) is 5.92 Å². The van der Waals surface area contributed by atoms with E-state index in [2.05, 4.69) is 12.2 Å². The van der Waals surface area contributed by atoms with Gasteiger partial charge in [0.2, 0.25) is 0 Å². The molecule has 1 aliphatic carbocycles. The maximum absolute atomic E-state index is 12.8. The minimum Gasteiger partial charge on any atom is -0.396 e. The van der Waals surface area contributed by atoms with Crippen LogP contribution in [0.3, 0.4) is 0 Å². The van der Waals surface area contributed by atoms with E-state index in [0.717, 1.165) is 19.3 Å². The number of hydrogen-bond acceptors (Lipinski definition) is 3. The van der Waals surface area contributed by atoms with Crippen LogP contribution in [0.2, 0.25) is 0 Å². The van der Waals surface area contributed by atoms with Gasteiger partial charge in [0.1, 0.15) is 5.92 Å². The van der Waals surface area contributed by atoms with E-state index in [4.69, 9.17) is 10.8 Å². The second-order valence-corrected chi connectivity index (χ2v) is 5.12. The second-order valence-electron chi connectivity index (χ2n) is 4.65. The SMILES string of the molecule is NC(=S)C(CN(CCCO)C1CCC1)C(F)(F)F. The Morgan fingerprint density at radius 2 is 2.06 bits per heavy atom. The lowest BCUT2D eigenvalue weighted by Crippen LogP contribution is -2.49. The number of hydrogen-bond donors (Lipinski definition) is 2. The molecule has 0 bridgehead atoms. The predicted molar refractivity (Wildman–Crippen MR) is 67.2 cm³/mol. The number of aliphatic hydroxyl groups is 1. The molecule has 0 aromatic carbocycles. The summed E-state index contributed by atoms with van der Waals surface area (Å²) >= 11 is 4.52. The molecule has 0 aromatic rings. The second kappa shape index (κ2) is 6.68. The van der Waals surface area contributed by atoms with E-state index >= 15 is 0 Å². The third-order valence-electron chi connectivity index (χ3n) is 3.35. The molecule has 1 atom stereocenters. The van der Waals surface area contributed by atoms with Crippen molar-refractivity contribution in [3.8, 4) is 0 Å². The first-order valence-electron chi connectivity index (χ1n) is 6.07. The standard InChI is InChI=1S/C11H19F3N2OS/c12-11(13,14)9(10(15)18)7-16(5-2-6-17)8-3-1-4-8/h8-9,17H,1-7H2,(H2,15,18). The van der Waals surface area contributed by atoms with Crippen LogP contribution in [0.5, 0.6) is 0 Å². The number of rotatable bonds is 7. The molecular formula is C11H19F3N2OS. The van der Waals surface area contributed by atoms with Gasteiger partial charge >= 0.3 is 6.18 Å². The highest BCUT2D eigenvalue weighted by molar-refractivity contribution is 7.80. The third kappa shape index (κ3) is 4.37. The van der Waals surface area contributed by atoms with Gasteiger partial charge in [0.15, 0.2) is 0 Å². The van der Waals surface area contributed by atoms with E-state index in [1.807, 2.05) is 0 Å². The summed E-state index contributed by atoms with van der Waals surface area (Å²) in [7, 11) is 0. The third-order valence-corrected chi connectivity index (χ3v) is 3.63. The monoisotopic (exact) mass is 284 g/mol. The summed E-state index contributed by atoms with van der Waals surface area (Å²) in [5.41, 5.74) is 5.19. The van der Waals surface area contributed by atoms with Crippen molar-refractivity contribution in [1.29, 1.82) is 0 Å². The fourth-order valence-corrected chi connectivity index (χ4v) is 2.25. The number of thiocarbonyl (C=S) groups is 1. The predicted octanol–water partition coefficient (Wildman–Crippen LogP) is 1.69. The zero-order valence-corrected chi connectivity index (χ0v) is 10.9. The van der Waals surface area contributed by atoms with Crippen molar-refractivity contribution in [3.05, 3.63) is 0 Å². The summed E-state index contributed by atoms with van der Waals surface area (Å²) in [4.78, 5) is 1.26. The van der Waals surface area contributed by atoms with Crippen molar-refractivity contribution in [3.63, 3.8) is 0 Å². The first-order chi connectivity index (χ1) is 8.36. The van der Waals surface area contributed by atoms with Crippen molar-refractivity contribution < 1.29 is 18.3 Å². The molecule has 1 saturated carbocycles. The van der Waals surface area contributed by atoms with Crippen LogP contribution >= 0.6 is 12.2 Å². The summed E-state index contributed by atoms with van der Waals surface area (Å²) in [6.45, 7) is 0.243. The average molecular weight is 284 g/mol. The summed E-state index contributed by atoms with van der Waals surface area (Å²) < 4.78 is 38.4. The van der Waals surface area contributed by atoms with Crippen LogP contribution in [0.1, 0.15) is 25.7 Å². The minimum atomic E-state index is -4.40. The molecule has 3 N–H and O–H groups in total. The van der Waals surface area contributed by atoms with Gasteiger partial charge in [-0.1, -0.05) is 18.6 Å². The van der Waals surface area contributed by atoms with Crippen molar-refractivity contribution in [2.24, 2.45) is 11.7 Å².